The van der Waals surface area contributed by atoms with Crippen LogP contribution in [0.1, 0.15) is 33.1 Å². The van der Waals surface area contributed by atoms with Crippen LogP contribution in [0.3, 0.4) is 0 Å². The number of terminal acetylenes is 1. The van der Waals surface area contributed by atoms with Crippen LogP contribution in [-0.2, 0) is 4.74 Å². The summed E-state index contributed by atoms with van der Waals surface area (Å²) >= 11 is 0. The number of hydrogen-bond donors (Lipinski definition) is 0. The highest BCUT2D eigenvalue weighted by Gasteiger charge is 1.95. The highest BCUT2D eigenvalue weighted by atomic mass is 16.5. The van der Waals surface area contributed by atoms with Gasteiger partial charge in [-0.3, -0.25) is 0 Å². The first-order valence-corrected chi connectivity index (χ1v) is 4.20. The maximum Gasteiger partial charge on any atom is 0.0833 e. The molecular weight excluding hydrogens is 136 g/mol. The summed E-state index contributed by atoms with van der Waals surface area (Å²) in [5, 5.41) is 0. The minimum atomic E-state index is 0.389. The number of hydrogen-bond acceptors (Lipinski definition) is 1. The average molecular weight is 153 g/mol. The Hall–Kier alpha value is -0.480. The molecule has 1 nitrogen and oxygen atoms in total. The van der Waals surface area contributed by atoms with Gasteiger partial charge in [-0.2, -0.15) is 0 Å². The summed E-state index contributed by atoms with van der Waals surface area (Å²) in [4.78, 5) is 0. The third-order valence-electron chi connectivity index (χ3n) is 1.47. The van der Waals surface area contributed by atoms with E-state index in [-0.39, 0.29) is 0 Å². The van der Waals surface area contributed by atoms with Gasteiger partial charge in [0.15, 0.2) is 0 Å². The maximum atomic E-state index is 5.21. The first-order chi connectivity index (χ1) is 5.31. The van der Waals surface area contributed by atoms with Gasteiger partial charge >= 0.3 is 0 Å². The summed E-state index contributed by atoms with van der Waals surface area (Å²) in [6.07, 6.45) is 8.31. The molecule has 0 aromatic rings. The Balaban J connectivity index is 2.97. The molecule has 1 unspecified atom stereocenters. The molecule has 0 amide bonds. The molecular formula is C10H17O. The SMILES string of the molecule is C#CC(C)CCCO[CH]CC. The zero-order valence-electron chi connectivity index (χ0n) is 7.47. The molecule has 0 aromatic carbocycles. The van der Waals surface area contributed by atoms with Crippen LogP contribution in [-0.4, -0.2) is 6.61 Å². The molecule has 0 heterocycles. The van der Waals surface area contributed by atoms with E-state index < -0.39 is 0 Å². The van der Waals surface area contributed by atoms with Gasteiger partial charge in [0, 0.05) is 12.5 Å². The quantitative estimate of drug-likeness (QED) is 0.421. The van der Waals surface area contributed by atoms with Crippen molar-refractivity contribution in [2.75, 3.05) is 6.61 Å². The second-order valence-electron chi connectivity index (χ2n) is 2.66. The van der Waals surface area contributed by atoms with Crippen molar-refractivity contribution < 1.29 is 4.74 Å². The van der Waals surface area contributed by atoms with Crippen molar-refractivity contribution in [3.63, 3.8) is 0 Å². The fourth-order valence-corrected chi connectivity index (χ4v) is 0.757. The highest BCUT2D eigenvalue weighted by molar-refractivity contribution is 4.89. The zero-order chi connectivity index (χ0) is 8.53. The molecule has 0 N–H and O–H groups in total. The van der Waals surface area contributed by atoms with Gasteiger partial charge in [0.05, 0.1) is 6.61 Å². The molecule has 1 atom stereocenters. The molecule has 0 bridgehead atoms. The molecule has 0 aliphatic heterocycles. The maximum absolute atomic E-state index is 5.21. The molecule has 0 aliphatic carbocycles. The van der Waals surface area contributed by atoms with Gasteiger partial charge in [-0.05, 0) is 19.3 Å². The Kier molecular flexibility index (Phi) is 7.29. The van der Waals surface area contributed by atoms with Gasteiger partial charge < -0.3 is 4.74 Å². The van der Waals surface area contributed by atoms with Crippen LogP contribution in [0.4, 0.5) is 0 Å². The van der Waals surface area contributed by atoms with E-state index in [0.29, 0.717) is 5.92 Å². The number of rotatable bonds is 6. The molecule has 63 valence electrons. The summed E-state index contributed by atoms with van der Waals surface area (Å²) in [6, 6.07) is 0. The third-order valence-corrected chi connectivity index (χ3v) is 1.47. The summed E-state index contributed by atoms with van der Waals surface area (Å²) in [5.41, 5.74) is 0. The predicted octanol–water partition coefficient (Wildman–Crippen LogP) is 2.62. The highest BCUT2D eigenvalue weighted by Crippen LogP contribution is 2.03. The van der Waals surface area contributed by atoms with Crippen molar-refractivity contribution in [3.8, 4) is 12.3 Å². The Morgan fingerprint density at radius 2 is 2.36 bits per heavy atom. The fourth-order valence-electron chi connectivity index (χ4n) is 0.757. The number of ether oxygens (including phenoxy) is 1. The lowest BCUT2D eigenvalue weighted by Crippen LogP contribution is -1.95. The zero-order valence-corrected chi connectivity index (χ0v) is 7.47. The summed E-state index contributed by atoms with van der Waals surface area (Å²) < 4.78 is 5.18. The topological polar surface area (TPSA) is 9.23 Å². The van der Waals surface area contributed by atoms with Crippen molar-refractivity contribution in [3.05, 3.63) is 6.61 Å². The minimum absolute atomic E-state index is 0.389. The fraction of sp³-hybridized carbons (Fsp3) is 0.700. The van der Waals surface area contributed by atoms with Crippen LogP contribution >= 0.6 is 0 Å². The van der Waals surface area contributed by atoms with Crippen LogP contribution in [0, 0.1) is 24.9 Å². The smallest absolute Gasteiger partial charge is 0.0833 e. The Morgan fingerprint density at radius 3 is 2.91 bits per heavy atom. The molecule has 0 aromatic heterocycles. The van der Waals surface area contributed by atoms with Gasteiger partial charge in [0.2, 0.25) is 0 Å². The molecule has 0 rings (SSSR count). The van der Waals surface area contributed by atoms with Crippen LogP contribution in [0.2, 0.25) is 0 Å². The molecule has 0 fully saturated rings. The first kappa shape index (κ1) is 10.5. The van der Waals surface area contributed by atoms with Crippen LogP contribution in [0.25, 0.3) is 0 Å². The molecule has 0 saturated carbocycles. The Bertz CT molecular complexity index is 113. The van der Waals surface area contributed by atoms with Crippen LogP contribution < -0.4 is 0 Å². The lowest BCUT2D eigenvalue weighted by molar-refractivity contribution is 0.186. The first-order valence-electron chi connectivity index (χ1n) is 4.20. The second kappa shape index (κ2) is 7.63. The second-order valence-corrected chi connectivity index (χ2v) is 2.66. The van der Waals surface area contributed by atoms with Crippen molar-refractivity contribution in [1.29, 1.82) is 0 Å². The Labute approximate surface area is 70.1 Å². The largest absolute Gasteiger partial charge is 0.376 e. The standard InChI is InChI=1S/C10H17O/c1-4-8-11-9-6-7-10(3)5-2/h2,8,10H,4,6-7,9H2,1,3H3. The van der Waals surface area contributed by atoms with Crippen molar-refractivity contribution in [2.24, 2.45) is 5.92 Å². The van der Waals surface area contributed by atoms with E-state index in [1.165, 1.54) is 0 Å². The van der Waals surface area contributed by atoms with E-state index in [1.54, 1.807) is 0 Å². The van der Waals surface area contributed by atoms with Gasteiger partial charge in [-0.25, -0.2) is 0 Å². The van der Waals surface area contributed by atoms with Crippen LogP contribution in [0.5, 0.6) is 0 Å². The Morgan fingerprint density at radius 1 is 1.64 bits per heavy atom. The van der Waals surface area contributed by atoms with Gasteiger partial charge in [0.1, 0.15) is 0 Å². The third kappa shape index (κ3) is 7.42. The van der Waals surface area contributed by atoms with E-state index in [0.717, 1.165) is 25.9 Å². The van der Waals surface area contributed by atoms with Crippen molar-refractivity contribution in [1.82, 2.24) is 0 Å². The minimum Gasteiger partial charge on any atom is -0.376 e. The van der Waals surface area contributed by atoms with Gasteiger partial charge in [-0.1, -0.05) is 13.8 Å². The normalized spacial score (nSPS) is 12.5. The summed E-state index contributed by atoms with van der Waals surface area (Å²) in [5.74, 6) is 3.08. The summed E-state index contributed by atoms with van der Waals surface area (Å²) in [6.45, 7) is 6.76. The molecule has 1 heteroatoms. The van der Waals surface area contributed by atoms with E-state index >= 15 is 0 Å². The van der Waals surface area contributed by atoms with E-state index in [1.807, 2.05) is 6.61 Å². The lowest BCUT2D eigenvalue weighted by Gasteiger charge is -2.03. The molecule has 11 heavy (non-hydrogen) atoms. The molecule has 0 spiro atoms. The predicted molar refractivity (Wildman–Crippen MR) is 47.8 cm³/mol. The van der Waals surface area contributed by atoms with Crippen molar-refractivity contribution in [2.45, 2.75) is 33.1 Å². The van der Waals surface area contributed by atoms with E-state index in [9.17, 15) is 0 Å². The molecule has 0 aliphatic rings. The average Bonchev–Trinajstić information content (AvgIpc) is 2.04. The monoisotopic (exact) mass is 153 g/mol. The van der Waals surface area contributed by atoms with Crippen molar-refractivity contribution >= 4 is 0 Å². The molecule has 0 saturated heterocycles. The van der Waals surface area contributed by atoms with Gasteiger partial charge in [-0.15, -0.1) is 12.3 Å². The van der Waals surface area contributed by atoms with Crippen LogP contribution in [0.15, 0.2) is 0 Å². The van der Waals surface area contributed by atoms with Gasteiger partial charge in [0.25, 0.3) is 0 Å². The van der Waals surface area contributed by atoms with E-state index in [2.05, 4.69) is 19.8 Å². The van der Waals surface area contributed by atoms with E-state index in [4.69, 9.17) is 11.2 Å². The lowest BCUT2D eigenvalue weighted by atomic mass is 10.1. The molecule has 1 radical (unpaired) electrons. The summed E-state index contributed by atoms with van der Waals surface area (Å²) in [7, 11) is 0.